The number of aromatic amines is 1. The Morgan fingerprint density at radius 1 is 1.30 bits per heavy atom. The highest BCUT2D eigenvalue weighted by Crippen LogP contribution is 2.36. The second kappa shape index (κ2) is 5.99. The number of nitriles is 1. The van der Waals surface area contributed by atoms with Crippen LogP contribution in [0.4, 0.5) is 0 Å². The lowest BCUT2D eigenvalue weighted by Crippen LogP contribution is -1.90. The third kappa shape index (κ3) is 2.75. The molecule has 0 aliphatic carbocycles. The van der Waals surface area contributed by atoms with Crippen molar-refractivity contribution in [3.05, 3.63) is 50.6 Å². The minimum atomic E-state index is 0.418. The number of aromatic nitrogens is 2. The van der Waals surface area contributed by atoms with Crippen molar-refractivity contribution in [1.29, 1.82) is 5.26 Å². The quantitative estimate of drug-likeness (QED) is 0.551. The van der Waals surface area contributed by atoms with Crippen molar-refractivity contribution < 1.29 is 0 Å². The summed E-state index contributed by atoms with van der Waals surface area (Å²) >= 11 is 9.67. The largest absolute Gasteiger partial charge is 0.338 e. The van der Waals surface area contributed by atoms with Crippen LogP contribution in [-0.4, -0.2) is 9.97 Å². The molecule has 0 saturated heterocycles. The maximum absolute atomic E-state index is 9.65. The molecule has 3 nitrogen and oxygen atoms in total. The van der Waals surface area contributed by atoms with Crippen LogP contribution in [0.5, 0.6) is 0 Å². The molecule has 1 aromatic carbocycles. The van der Waals surface area contributed by atoms with E-state index in [1.54, 1.807) is 6.07 Å². The number of pyridine rings is 1. The molecular formula is C18H15BrClN3. The average molecular weight is 389 g/mol. The zero-order valence-electron chi connectivity index (χ0n) is 13.0. The van der Waals surface area contributed by atoms with Gasteiger partial charge in [-0.05, 0) is 36.1 Å². The van der Waals surface area contributed by atoms with Gasteiger partial charge in [0, 0.05) is 15.4 Å². The summed E-state index contributed by atoms with van der Waals surface area (Å²) in [5.41, 5.74) is 5.13. The van der Waals surface area contributed by atoms with Crippen molar-refractivity contribution in [2.75, 3.05) is 0 Å². The minimum Gasteiger partial charge on any atom is -0.338 e. The Kier molecular flexibility index (Phi) is 4.18. The number of nitrogens with one attached hydrogen (secondary N) is 1. The summed E-state index contributed by atoms with van der Waals surface area (Å²) in [4.78, 5) is 7.56. The second-order valence-electron chi connectivity index (χ2n) is 5.87. The van der Waals surface area contributed by atoms with Crippen molar-refractivity contribution in [3.8, 4) is 17.3 Å². The molecule has 0 unspecified atom stereocenters. The first-order valence-electron chi connectivity index (χ1n) is 7.31. The fourth-order valence-electron chi connectivity index (χ4n) is 2.75. The molecule has 0 amide bonds. The highest BCUT2D eigenvalue weighted by molar-refractivity contribution is 9.10. The van der Waals surface area contributed by atoms with Gasteiger partial charge in [-0.2, -0.15) is 5.26 Å². The first-order chi connectivity index (χ1) is 10.9. The number of H-pyrrole nitrogens is 1. The summed E-state index contributed by atoms with van der Waals surface area (Å²) in [6.45, 7) is 6.24. The Hall–Kier alpha value is -1.83. The standard InChI is InChI=1S/C18H15BrClN3/c1-9(2)11-4-5-12(14(19)7-11)17-13(8-21)16-10(3)6-15(20)22-18(16)23-17/h4-7,9H,1-3H3,(H,22,23). The lowest BCUT2D eigenvalue weighted by molar-refractivity contribution is 0.866. The van der Waals surface area contributed by atoms with Crippen LogP contribution in [0.3, 0.4) is 0 Å². The molecule has 3 aromatic rings. The molecule has 0 atom stereocenters. The van der Waals surface area contributed by atoms with Crippen LogP contribution in [0.15, 0.2) is 28.7 Å². The van der Waals surface area contributed by atoms with E-state index < -0.39 is 0 Å². The van der Waals surface area contributed by atoms with Gasteiger partial charge in [0.05, 0.1) is 11.3 Å². The van der Waals surface area contributed by atoms with Gasteiger partial charge in [0.25, 0.3) is 0 Å². The van der Waals surface area contributed by atoms with E-state index in [4.69, 9.17) is 11.6 Å². The lowest BCUT2D eigenvalue weighted by atomic mass is 9.99. The Balaban J connectivity index is 2.29. The first kappa shape index (κ1) is 16.0. The zero-order chi connectivity index (χ0) is 16.7. The highest BCUT2D eigenvalue weighted by Gasteiger charge is 2.18. The summed E-state index contributed by atoms with van der Waals surface area (Å²) in [5, 5.41) is 10.9. The molecular weight excluding hydrogens is 374 g/mol. The maximum Gasteiger partial charge on any atom is 0.141 e. The van der Waals surface area contributed by atoms with Gasteiger partial charge in [-0.15, -0.1) is 0 Å². The lowest BCUT2D eigenvalue weighted by Gasteiger charge is -2.09. The normalized spacial score (nSPS) is 11.2. The Bertz CT molecular complexity index is 951. The third-order valence-electron chi connectivity index (χ3n) is 3.97. The Morgan fingerprint density at radius 3 is 2.65 bits per heavy atom. The fraction of sp³-hybridized carbons (Fsp3) is 0.222. The zero-order valence-corrected chi connectivity index (χ0v) is 15.4. The molecule has 2 aromatic heterocycles. The van der Waals surface area contributed by atoms with E-state index in [1.165, 1.54) is 5.56 Å². The van der Waals surface area contributed by atoms with Crippen LogP contribution in [0.25, 0.3) is 22.3 Å². The van der Waals surface area contributed by atoms with Gasteiger partial charge in [0.2, 0.25) is 0 Å². The molecule has 0 fully saturated rings. The van der Waals surface area contributed by atoms with Crippen molar-refractivity contribution in [2.45, 2.75) is 26.7 Å². The summed E-state index contributed by atoms with van der Waals surface area (Å²) in [5.74, 6) is 0.446. The molecule has 0 radical (unpaired) electrons. The second-order valence-corrected chi connectivity index (χ2v) is 7.11. The van der Waals surface area contributed by atoms with Crippen molar-refractivity contribution in [1.82, 2.24) is 9.97 Å². The molecule has 2 heterocycles. The molecule has 0 bridgehead atoms. The molecule has 0 aliphatic heterocycles. The van der Waals surface area contributed by atoms with E-state index in [9.17, 15) is 5.26 Å². The van der Waals surface area contributed by atoms with Crippen LogP contribution in [-0.2, 0) is 0 Å². The number of rotatable bonds is 2. The molecule has 23 heavy (non-hydrogen) atoms. The smallest absolute Gasteiger partial charge is 0.141 e. The van der Waals surface area contributed by atoms with Gasteiger partial charge in [-0.25, -0.2) is 4.98 Å². The van der Waals surface area contributed by atoms with Crippen LogP contribution < -0.4 is 0 Å². The fourth-order valence-corrected chi connectivity index (χ4v) is 3.59. The number of hydrogen-bond donors (Lipinski definition) is 1. The topological polar surface area (TPSA) is 52.5 Å². The molecule has 1 N–H and O–H groups in total. The number of nitrogens with zero attached hydrogens (tertiary/aromatic N) is 2. The monoisotopic (exact) mass is 387 g/mol. The molecule has 116 valence electrons. The minimum absolute atomic E-state index is 0.418. The average Bonchev–Trinajstić information content (AvgIpc) is 2.85. The van der Waals surface area contributed by atoms with Gasteiger partial charge >= 0.3 is 0 Å². The number of benzene rings is 1. The molecule has 0 spiro atoms. The van der Waals surface area contributed by atoms with E-state index in [0.29, 0.717) is 22.3 Å². The number of halogens is 2. The van der Waals surface area contributed by atoms with E-state index in [-0.39, 0.29) is 0 Å². The van der Waals surface area contributed by atoms with Crippen LogP contribution in [0, 0.1) is 18.3 Å². The maximum atomic E-state index is 9.65. The molecule has 5 heteroatoms. The summed E-state index contributed by atoms with van der Waals surface area (Å²) in [6, 6.07) is 10.3. The predicted octanol–water partition coefficient (Wildman–Crippen LogP) is 5.95. The van der Waals surface area contributed by atoms with Crippen LogP contribution in [0.1, 0.15) is 36.5 Å². The summed E-state index contributed by atoms with van der Waals surface area (Å²) in [7, 11) is 0. The van der Waals surface area contributed by atoms with E-state index in [1.807, 2.05) is 13.0 Å². The van der Waals surface area contributed by atoms with E-state index >= 15 is 0 Å². The molecule has 0 saturated carbocycles. The number of fused-ring (bicyclic) bond motifs is 1. The van der Waals surface area contributed by atoms with E-state index in [0.717, 1.165) is 26.7 Å². The van der Waals surface area contributed by atoms with Crippen LogP contribution in [0.2, 0.25) is 5.15 Å². The van der Waals surface area contributed by atoms with Gasteiger partial charge in [0.15, 0.2) is 0 Å². The van der Waals surface area contributed by atoms with Crippen molar-refractivity contribution in [2.24, 2.45) is 0 Å². The summed E-state index contributed by atoms with van der Waals surface area (Å²) in [6.07, 6.45) is 0. The van der Waals surface area contributed by atoms with Gasteiger partial charge in [0.1, 0.15) is 16.9 Å². The third-order valence-corrected chi connectivity index (χ3v) is 4.82. The molecule has 3 rings (SSSR count). The summed E-state index contributed by atoms with van der Waals surface area (Å²) < 4.78 is 0.954. The number of hydrogen-bond acceptors (Lipinski definition) is 2. The van der Waals surface area contributed by atoms with Gasteiger partial charge in [-0.1, -0.05) is 53.5 Å². The van der Waals surface area contributed by atoms with Crippen molar-refractivity contribution >= 4 is 38.6 Å². The first-order valence-corrected chi connectivity index (χ1v) is 8.48. The number of aryl methyl sites for hydroxylation is 1. The predicted molar refractivity (Wildman–Crippen MR) is 97.8 cm³/mol. The van der Waals surface area contributed by atoms with Gasteiger partial charge < -0.3 is 4.98 Å². The Morgan fingerprint density at radius 2 is 2.04 bits per heavy atom. The van der Waals surface area contributed by atoms with E-state index in [2.05, 4.69) is 57.9 Å². The van der Waals surface area contributed by atoms with Gasteiger partial charge in [-0.3, -0.25) is 0 Å². The van der Waals surface area contributed by atoms with Crippen LogP contribution >= 0.6 is 27.5 Å². The SMILES string of the molecule is Cc1cc(Cl)nc2[nH]c(-c3ccc(C(C)C)cc3Br)c(C#N)c12. The highest BCUT2D eigenvalue weighted by atomic mass is 79.9. The molecule has 0 aliphatic rings. The van der Waals surface area contributed by atoms with Crippen molar-refractivity contribution in [3.63, 3.8) is 0 Å². The Labute approximate surface area is 148 Å².